The summed E-state index contributed by atoms with van der Waals surface area (Å²) in [4.78, 5) is 19.8. The molecule has 3 aromatic rings. The number of rotatable bonds is 8. The Kier molecular flexibility index (Phi) is 7.41. The summed E-state index contributed by atoms with van der Waals surface area (Å²) in [5.41, 5.74) is 0.864. The number of likely N-dealkylation sites (N-methyl/N-ethyl adjacent to an activating group) is 2. The lowest BCUT2D eigenvalue weighted by Crippen LogP contribution is -2.46. The molecule has 1 fully saturated rings. The Morgan fingerprint density at radius 1 is 0.941 bits per heavy atom. The van der Waals surface area contributed by atoms with Crippen LogP contribution in [-0.4, -0.2) is 89.9 Å². The molecule has 0 saturated carbocycles. The van der Waals surface area contributed by atoms with Crippen LogP contribution in [0.1, 0.15) is 12.0 Å². The maximum Gasteiger partial charge on any atom is 0.235 e. The van der Waals surface area contributed by atoms with Crippen molar-refractivity contribution in [2.75, 3.05) is 59.9 Å². The summed E-state index contributed by atoms with van der Waals surface area (Å²) in [5, 5.41) is 30.2. The molecule has 1 aliphatic heterocycles. The van der Waals surface area contributed by atoms with Crippen LogP contribution in [0.25, 0.3) is 22.3 Å². The number of hydrogen-bond donors (Lipinski definition) is 3. The van der Waals surface area contributed by atoms with E-state index in [9.17, 15) is 20.1 Å². The fourth-order valence-electron chi connectivity index (χ4n) is 4.29. The molecule has 4 rings (SSSR count). The quantitative estimate of drug-likeness (QED) is 0.435. The van der Waals surface area contributed by atoms with Crippen molar-refractivity contribution in [3.63, 3.8) is 0 Å². The number of aromatic hydroxyl groups is 3. The van der Waals surface area contributed by atoms with Gasteiger partial charge in [0.2, 0.25) is 16.9 Å². The van der Waals surface area contributed by atoms with E-state index in [0.717, 1.165) is 64.2 Å². The van der Waals surface area contributed by atoms with Crippen molar-refractivity contribution in [2.45, 2.75) is 12.8 Å². The highest BCUT2D eigenvalue weighted by Gasteiger charge is 2.19. The highest BCUT2D eigenvalue weighted by Crippen LogP contribution is 2.37. The van der Waals surface area contributed by atoms with E-state index in [1.807, 2.05) is 12.1 Å². The summed E-state index contributed by atoms with van der Waals surface area (Å²) in [7, 11) is 4.34. The number of benzene rings is 2. The molecule has 8 nitrogen and oxygen atoms in total. The van der Waals surface area contributed by atoms with E-state index < -0.39 is 22.7 Å². The molecule has 34 heavy (non-hydrogen) atoms. The largest absolute Gasteiger partial charge is 0.504 e. The second-order valence-corrected chi connectivity index (χ2v) is 9.17. The molecule has 0 spiro atoms. The number of hydrogen-bond acceptors (Lipinski definition) is 8. The van der Waals surface area contributed by atoms with Gasteiger partial charge in [0.1, 0.15) is 0 Å². The van der Waals surface area contributed by atoms with E-state index in [4.69, 9.17) is 4.42 Å². The van der Waals surface area contributed by atoms with Gasteiger partial charge in [-0.25, -0.2) is 0 Å². The Bertz CT molecular complexity index is 1180. The summed E-state index contributed by atoms with van der Waals surface area (Å²) in [6, 6.07) is 9.97. The van der Waals surface area contributed by atoms with Crippen LogP contribution in [0, 0.1) is 0 Å². The third-order valence-electron chi connectivity index (χ3n) is 6.60. The molecule has 1 aromatic heterocycles. The first-order valence-corrected chi connectivity index (χ1v) is 11.7. The first-order chi connectivity index (χ1) is 16.3. The first-order valence-electron chi connectivity index (χ1n) is 11.7. The smallest absolute Gasteiger partial charge is 0.235 e. The minimum absolute atomic E-state index is 0.00455. The molecule has 0 aliphatic carbocycles. The lowest BCUT2D eigenvalue weighted by Gasteiger charge is -2.33. The molecule has 1 saturated heterocycles. The van der Waals surface area contributed by atoms with Gasteiger partial charge in [-0.15, -0.1) is 0 Å². The van der Waals surface area contributed by atoms with Gasteiger partial charge in [0.25, 0.3) is 0 Å². The Morgan fingerprint density at radius 3 is 2.35 bits per heavy atom. The van der Waals surface area contributed by atoms with E-state index >= 15 is 0 Å². The molecular weight excluding hydrogens is 434 g/mol. The first kappa shape index (κ1) is 24.1. The Morgan fingerprint density at radius 2 is 1.65 bits per heavy atom. The average molecular weight is 468 g/mol. The Labute approximate surface area is 199 Å². The van der Waals surface area contributed by atoms with E-state index in [1.165, 1.54) is 12.1 Å². The van der Waals surface area contributed by atoms with Crippen LogP contribution in [0.2, 0.25) is 0 Å². The van der Waals surface area contributed by atoms with Gasteiger partial charge in [0.05, 0.1) is 5.39 Å². The minimum Gasteiger partial charge on any atom is -0.504 e. The third kappa shape index (κ3) is 5.35. The molecule has 0 amide bonds. The molecule has 3 N–H and O–H groups in total. The molecule has 0 radical (unpaired) electrons. The molecule has 0 bridgehead atoms. The average Bonchev–Trinajstić information content (AvgIpc) is 2.84. The summed E-state index contributed by atoms with van der Waals surface area (Å²) in [6.07, 6.45) is 1.95. The van der Waals surface area contributed by atoms with E-state index in [2.05, 4.69) is 28.8 Å². The van der Waals surface area contributed by atoms with Crippen molar-refractivity contribution >= 4 is 11.0 Å². The van der Waals surface area contributed by atoms with Crippen LogP contribution >= 0.6 is 0 Å². The second kappa shape index (κ2) is 10.5. The van der Waals surface area contributed by atoms with Crippen molar-refractivity contribution in [1.29, 1.82) is 0 Å². The zero-order valence-corrected chi connectivity index (χ0v) is 19.8. The van der Waals surface area contributed by atoms with Crippen LogP contribution in [0.15, 0.2) is 45.6 Å². The number of phenols is 2. The van der Waals surface area contributed by atoms with Gasteiger partial charge < -0.3 is 29.5 Å². The summed E-state index contributed by atoms with van der Waals surface area (Å²) >= 11 is 0. The van der Waals surface area contributed by atoms with E-state index in [-0.39, 0.29) is 16.7 Å². The number of piperazine rings is 1. The highest BCUT2D eigenvalue weighted by atomic mass is 16.4. The molecule has 1 aliphatic rings. The van der Waals surface area contributed by atoms with Gasteiger partial charge in [-0.3, -0.25) is 9.69 Å². The SMILES string of the molecule is CN(CCCc1ccc(-c2oc3c(O)c(O)ccc3c(=O)c2O)cc1)CCN1CCN(C)CC1. The van der Waals surface area contributed by atoms with Gasteiger partial charge in [-0.1, -0.05) is 24.3 Å². The lowest BCUT2D eigenvalue weighted by molar-refractivity contribution is 0.140. The van der Waals surface area contributed by atoms with Crippen molar-refractivity contribution in [2.24, 2.45) is 0 Å². The van der Waals surface area contributed by atoms with Crippen LogP contribution in [0.3, 0.4) is 0 Å². The number of fused-ring (bicyclic) bond motifs is 1. The predicted octanol–water partition coefficient (Wildman–Crippen LogP) is 2.69. The standard InChI is InChI=1S/C26H33N3O5/c1-27(12-15-29-16-13-28(2)14-17-29)11-3-4-18-5-7-19(8-6-18)25-24(33)22(31)20-9-10-21(30)23(32)26(20)34-25/h5-10,30,32-33H,3-4,11-17H2,1-2H3. The van der Waals surface area contributed by atoms with Crippen molar-refractivity contribution < 1.29 is 19.7 Å². The van der Waals surface area contributed by atoms with Crippen LogP contribution in [0.4, 0.5) is 0 Å². The molecule has 182 valence electrons. The topological polar surface area (TPSA) is 101 Å². The van der Waals surface area contributed by atoms with Crippen LogP contribution in [-0.2, 0) is 6.42 Å². The fourth-order valence-corrected chi connectivity index (χ4v) is 4.29. The monoisotopic (exact) mass is 467 g/mol. The third-order valence-corrected chi connectivity index (χ3v) is 6.60. The maximum atomic E-state index is 12.5. The minimum atomic E-state index is -0.657. The van der Waals surface area contributed by atoms with Crippen molar-refractivity contribution in [3.05, 3.63) is 52.2 Å². The van der Waals surface area contributed by atoms with Crippen LogP contribution < -0.4 is 5.43 Å². The van der Waals surface area contributed by atoms with Crippen molar-refractivity contribution in [3.8, 4) is 28.6 Å². The number of aryl methyl sites for hydroxylation is 1. The van der Waals surface area contributed by atoms with Crippen molar-refractivity contribution in [1.82, 2.24) is 14.7 Å². The zero-order valence-electron chi connectivity index (χ0n) is 19.8. The number of nitrogens with zero attached hydrogens (tertiary/aromatic N) is 3. The van der Waals surface area contributed by atoms with E-state index in [1.54, 1.807) is 12.1 Å². The van der Waals surface area contributed by atoms with Gasteiger partial charge in [-0.2, -0.15) is 0 Å². The molecule has 2 aromatic carbocycles. The second-order valence-electron chi connectivity index (χ2n) is 9.17. The van der Waals surface area contributed by atoms with Gasteiger partial charge in [0.15, 0.2) is 17.1 Å². The number of phenolic OH excluding ortho intramolecular Hbond substituents is 2. The molecular formula is C26H33N3O5. The molecule has 8 heteroatoms. The van der Waals surface area contributed by atoms with E-state index in [0.29, 0.717) is 5.56 Å². The normalized spacial score (nSPS) is 15.4. The van der Waals surface area contributed by atoms with Crippen LogP contribution in [0.5, 0.6) is 17.2 Å². The van der Waals surface area contributed by atoms with Gasteiger partial charge in [0, 0.05) is 44.8 Å². The molecule has 0 unspecified atom stereocenters. The predicted molar refractivity (Wildman–Crippen MR) is 133 cm³/mol. The summed E-state index contributed by atoms with van der Waals surface area (Å²) < 4.78 is 5.63. The molecule has 0 atom stereocenters. The van der Waals surface area contributed by atoms with Gasteiger partial charge in [-0.05, 0) is 51.2 Å². The highest BCUT2D eigenvalue weighted by molar-refractivity contribution is 5.88. The Balaban J connectivity index is 1.34. The van der Waals surface area contributed by atoms with Gasteiger partial charge >= 0.3 is 0 Å². The fraction of sp³-hybridized carbons (Fsp3) is 0.423. The summed E-state index contributed by atoms with van der Waals surface area (Å²) in [5.74, 6) is -1.47. The zero-order chi connectivity index (χ0) is 24.2. The maximum absolute atomic E-state index is 12.5. The molecule has 2 heterocycles. The lowest BCUT2D eigenvalue weighted by atomic mass is 10.0. The summed E-state index contributed by atoms with van der Waals surface area (Å²) in [6.45, 7) is 7.75. The Hall–Kier alpha value is -3.07.